The molecule has 1 fully saturated rings. The van der Waals surface area contributed by atoms with E-state index in [4.69, 9.17) is 14.6 Å². The molecule has 0 saturated carbocycles. The topological polar surface area (TPSA) is 53.0 Å². The molecule has 1 N–H and O–H groups in total. The summed E-state index contributed by atoms with van der Waals surface area (Å²) >= 11 is 0. The van der Waals surface area contributed by atoms with Crippen molar-refractivity contribution in [2.45, 2.75) is 59.2 Å². The number of methoxy groups -OCH3 is 1. The molecule has 212 valence electrons. The van der Waals surface area contributed by atoms with Crippen LogP contribution in [0.1, 0.15) is 58.7 Å². The molecule has 1 heterocycles. The lowest BCUT2D eigenvalue weighted by molar-refractivity contribution is -0.122. The summed E-state index contributed by atoms with van der Waals surface area (Å²) in [5.74, 6) is 0. The van der Waals surface area contributed by atoms with E-state index >= 15 is 0 Å². The molecule has 0 aromatic heterocycles. The quantitative estimate of drug-likeness (QED) is 0.241. The van der Waals surface area contributed by atoms with E-state index in [1.807, 2.05) is 27.9 Å². The maximum Gasteiger partial charge on any atom is 0.290 e. The van der Waals surface area contributed by atoms with E-state index in [2.05, 4.69) is 111 Å². The fourth-order valence-electron chi connectivity index (χ4n) is 4.01. The van der Waals surface area contributed by atoms with E-state index in [1.165, 1.54) is 11.1 Å². The smallest absolute Gasteiger partial charge is 0.290 e. The standard InChI is InChI=1S/C23H32N2O.C4H6.C3H6.C2H6.CH2O2/c1-23(2,3)24-15-16-25(21(17-24)18-26-4)22(19-11-7-5-8-12-19)20-13-9-6-10-14-20;1-3-4-2;1-3-2;1-2;2-1-3/h5-14,21-22H,15-18H2,1-4H3;3-4H,1-2H2;3H,1H2,2H3;1-2H3;1H,(H,2,3). The van der Waals surface area contributed by atoms with E-state index in [0.29, 0.717) is 6.04 Å². The van der Waals surface area contributed by atoms with Gasteiger partial charge in [-0.15, -0.1) is 6.58 Å². The third-order valence-corrected chi connectivity index (χ3v) is 5.56. The molecule has 38 heavy (non-hydrogen) atoms. The lowest BCUT2D eigenvalue weighted by Crippen LogP contribution is -2.60. The molecule has 0 spiro atoms. The first-order chi connectivity index (χ1) is 18.2. The monoisotopic (exact) mass is 524 g/mol. The summed E-state index contributed by atoms with van der Waals surface area (Å²) in [5.41, 5.74) is 2.89. The predicted octanol–water partition coefficient (Wildman–Crippen LogP) is 7.48. The number of carboxylic acid groups (broad SMARTS) is 1. The van der Waals surface area contributed by atoms with Crippen molar-refractivity contribution in [3.63, 3.8) is 0 Å². The van der Waals surface area contributed by atoms with Crippen molar-refractivity contribution < 1.29 is 14.6 Å². The van der Waals surface area contributed by atoms with E-state index < -0.39 is 0 Å². The number of carbonyl (C=O) groups is 1. The second-order valence-corrected chi connectivity index (χ2v) is 9.17. The Morgan fingerprint density at radius 3 is 1.66 bits per heavy atom. The molecule has 0 aliphatic carbocycles. The maximum absolute atomic E-state index is 8.36. The van der Waals surface area contributed by atoms with Crippen LogP contribution in [-0.4, -0.2) is 66.3 Å². The number of benzene rings is 2. The predicted molar refractivity (Wildman–Crippen MR) is 165 cm³/mol. The first-order valence-electron chi connectivity index (χ1n) is 13.2. The number of hydrogen-bond acceptors (Lipinski definition) is 4. The Bertz CT molecular complexity index is 796. The molecule has 2 aromatic rings. The zero-order valence-electron chi connectivity index (χ0n) is 24.8. The van der Waals surface area contributed by atoms with Gasteiger partial charge < -0.3 is 9.84 Å². The molecule has 1 atom stereocenters. The number of nitrogens with zero attached hydrogens (tertiary/aromatic N) is 2. The van der Waals surface area contributed by atoms with Gasteiger partial charge in [0.25, 0.3) is 6.47 Å². The molecule has 0 bridgehead atoms. The van der Waals surface area contributed by atoms with Crippen molar-refractivity contribution in [1.29, 1.82) is 0 Å². The molecule has 3 rings (SSSR count). The average Bonchev–Trinajstić information content (AvgIpc) is 2.93. The van der Waals surface area contributed by atoms with Crippen LogP contribution in [0.3, 0.4) is 0 Å². The fourth-order valence-corrected chi connectivity index (χ4v) is 4.01. The Morgan fingerprint density at radius 2 is 1.34 bits per heavy atom. The van der Waals surface area contributed by atoms with Gasteiger partial charge in [0, 0.05) is 38.3 Å². The zero-order chi connectivity index (χ0) is 29.4. The molecule has 0 amide bonds. The minimum Gasteiger partial charge on any atom is -0.483 e. The van der Waals surface area contributed by atoms with Gasteiger partial charge in [-0.3, -0.25) is 14.6 Å². The molecular weight excluding hydrogens is 472 g/mol. The number of rotatable bonds is 6. The van der Waals surface area contributed by atoms with Crippen molar-refractivity contribution in [2.24, 2.45) is 0 Å². The van der Waals surface area contributed by atoms with Crippen molar-refractivity contribution >= 4 is 6.47 Å². The van der Waals surface area contributed by atoms with E-state index in [-0.39, 0.29) is 18.1 Å². The Kier molecular flexibility index (Phi) is 22.6. The second kappa shape index (κ2) is 23.2. The molecule has 1 aliphatic heterocycles. The van der Waals surface area contributed by atoms with Crippen molar-refractivity contribution in [3.05, 3.63) is 110 Å². The lowest BCUT2D eigenvalue weighted by atomic mass is 9.93. The van der Waals surface area contributed by atoms with Crippen LogP contribution >= 0.6 is 0 Å². The van der Waals surface area contributed by atoms with Crippen LogP contribution in [0.5, 0.6) is 0 Å². The van der Waals surface area contributed by atoms with Gasteiger partial charge in [-0.05, 0) is 38.8 Å². The number of ether oxygens (including phenoxy) is 1. The highest BCUT2D eigenvalue weighted by molar-refractivity contribution is 5.33. The zero-order valence-corrected chi connectivity index (χ0v) is 24.8. The highest BCUT2D eigenvalue weighted by Gasteiger charge is 2.36. The summed E-state index contributed by atoms with van der Waals surface area (Å²) < 4.78 is 5.63. The van der Waals surface area contributed by atoms with Gasteiger partial charge >= 0.3 is 0 Å². The van der Waals surface area contributed by atoms with Gasteiger partial charge in [0.15, 0.2) is 0 Å². The molecule has 5 nitrogen and oxygen atoms in total. The molecular formula is C33H52N2O3. The summed E-state index contributed by atoms with van der Waals surface area (Å²) in [4.78, 5) is 13.6. The van der Waals surface area contributed by atoms with Crippen molar-refractivity contribution in [1.82, 2.24) is 9.80 Å². The van der Waals surface area contributed by atoms with Crippen LogP contribution in [0.2, 0.25) is 0 Å². The number of allylic oxidation sites excluding steroid dienone is 3. The molecule has 1 saturated heterocycles. The minimum atomic E-state index is -0.250. The molecule has 5 heteroatoms. The summed E-state index contributed by atoms with van der Waals surface area (Å²) in [6, 6.07) is 22.4. The van der Waals surface area contributed by atoms with Crippen LogP contribution < -0.4 is 0 Å². The Hall–Kier alpha value is -2.99. The largest absolute Gasteiger partial charge is 0.483 e. The first-order valence-corrected chi connectivity index (χ1v) is 13.2. The Balaban J connectivity index is 0. The van der Waals surface area contributed by atoms with Gasteiger partial charge in [0.2, 0.25) is 0 Å². The van der Waals surface area contributed by atoms with Gasteiger partial charge in [0.1, 0.15) is 0 Å². The molecule has 1 aliphatic rings. The normalized spacial score (nSPS) is 14.9. The van der Waals surface area contributed by atoms with Gasteiger partial charge in [0.05, 0.1) is 12.6 Å². The van der Waals surface area contributed by atoms with E-state index in [1.54, 1.807) is 18.2 Å². The highest BCUT2D eigenvalue weighted by atomic mass is 16.5. The summed E-state index contributed by atoms with van der Waals surface area (Å²) in [5, 5.41) is 6.89. The van der Waals surface area contributed by atoms with Crippen LogP contribution in [0.15, 0.2) is 98.6 Å². The van der Waals surface area contributed by atoms with Crippen molar-refractivity contribution in [3.8, 4) is 0 Å². The maximum atomic E-state index is 8.36. The number of hydrogen-bond donors (Lipinski definition) is 1. The van der Waals surface area contributed by atoms with Crippen LogP contribution in [0.4, 0.5) is 0 Å². The molecule has 2 aromatic carbocycles. The minimum absolute atomic E-state index is 0.188. The third kappa shape index (κ3) is 14.7. The average molecular weight is 525 g/mol. The number of piperazine rings is 1. The van der Waals surface area contributed by atoms with Crippen LogP contribution in [0, 0.1) is 0 Å². The summed E-state index contributed by atoms with van der Waals surface area (Å²) in [7, 11) is 1.81. The van der Waals surface area contributed by atoms with Crippen LogP contribution in [-0.2, 0) is 9.53 Å². The van der Waals surface area contributed by atoms with Crippen LogP contribution in [0.25, 0.3) is 0 Å². The Labute approximate surface area is 233 Å². The van der Waals surface area contributed by atoms with Gasteiger partial charge in [-0.25, -0.2) is 0 Å². The fraction of sp³-hybridized carbons (Fsp3) is 0.424. The summed E-state index contributed by atoms with van der Waals surface area (Å²) in [6.07, 6.45) is 5.03. The lowest BCUT2D eigenvalue weighted by Gasteiger charge is -2.49. The second-order valence-electron chi connectivity index (χ2n) is 9.17. The Morgan fingerprint density at radius 1 is 0.947 bits per heavy atom. The highest BCUT2D eigenvalue weighted by Crippen LogP contribution is 2.33. The SMILES string of the molecule is C=CC.C=CC=C.CC.COCC1CN(C(C)(C)C)CCN1C(c1ccccc1)c1ccccc1.O=CO. The van der Waals surface area contributed by atoms with Gasteiger partial charge in [-0.1, -0.05) is 106 Å². The third-order valence-electron chi connectivity index (χ3n) is 5.56. The van der Waals surface area contributed by atoms with E-state index in [9.17, 15) is 0 Å². The van der Waals surface area contributed by atoms with Crippen molar-refractivity contribution in [2.75, 3.05) is 33.4 Å². The molecule has 1 unspecified atom stereocenters. The first kappa shape index (κ1) is 37.2. The summed E-state index contributed by atoms with van der Waals surface area (Å²) in [6.45, 7) is 26.5. The van der Waals surface area contributed by atoms with Gasteiger partial charge in [-0.2, -0.15) is 0 Å². The van der Waals surface area contributed by atoms with E-state index in [0.717, 1.165) is 26.2 Å². The molecule has 0 radical (unpaired) electrons.